The Labute approximate surface area is 103 Å². The van der Waals surface area contributed by atoms with Gasteiger partial charge < -0.3 is 10.6 Å². The molecule has 0 radical (unpaired) electrons. The van der Waals surface area contributed by atoms with Crippen molar-refractivity contribution in [2.24, 2.45) is 5.73 Å². The average molecular weight is 257 g/mol. The van der Waals surface area contributed by atoms with E-state index in [1.165, 1.54) is 12.1 Å². The second kappa shape index (κ2) is 4.37. The first-order valence-corrected chi connectivity index (χ1v) is 5.37. The van der Waals surface area contributed by atoms with Crippen molar-refractivity contribution in [2.75, 3.05) is 7.05 Å². The molecule has 1 atom stereocenters. The highest BCUT2D eigenvalue weighted by molar-refractivity contribution is 6.30. The molecule has 2 nitrogen and oxygen atoms in total. The van der Waals surface area contributed by atoms with E-state index >= 15 is 0 Å². The van der Waals surface area contributed by atoms with Crippen molar-refractivity contribution in [2.45, 2.75) is 6.04 Å². The maximum absolute atomic E-state index is 13.2. The Hall–Kier alpha value is -1.55. The summed E-state index contributed by atoms with van der Waals surface area (Å²) >= 11 is 6.07. The smallest absolute Gasteiger partial charge is 0.126 e. The molecule has 0 spiro atoms. The number of hydrogen-bond acceptors (Lipinski definition) is 2. The zero-order valence-corrected chi connectivity index (χ0v) is 9.88. The van der Waals surface area contributed by atoms with E-state index in [1.807, 2.05) is 0 Å². The normalized spacial score (nSPS) is 20.0. The minimum Gasteiger partial charge on any atom is -0.398 e. The van der Waals surface area contributed by atoms with Crippen LogP contribution in [0.4, 0.5) is 8.78 Å². The summed E-state index contributed by atoms with van der Waals surface area (Å²) in [6.07, 6.45) is 3.24. The Kier molecular flexibility index (Phi) is 3.07. The number of nitrogens with two attached hydrogens (primary N) is 1. The van der Waals surface area contributed by atoms with Gasteiger partial charge in [-0.3, -0.25) is 0 Å². The zero-order valence-electron chi connectivity index (χ0n) is 9.12. The largest absolute Gasteiger partial charge is 0.398 e. The minimum atomic E-state index is -0.625. The van der Waals surface area contributed by atoms with Gasteiger partial charge in [0.05, 0.1) is 6.04 Å². The molecule has 0 amide bonds. The Morgan fingerprint density at radius 2 is 1.82 bits per heavy atom. The van der Waals surface area contributed by atoms with Gasteiger partial charge in [-0.1, -0.05) is 11.6 Å². The molecule has 0 fully saturated rings. The molecule has 5 heteroatoms. The van der Waals surface area contributed by atoms with Gasteiger partial charge in [-0.25, -0.2) is 8.78 Å². The summed E-state index contributed by atoms with van der Waals surface area (Å²) in [5, 5.41) is 0.428. The van der Waals surface area contributed by atoms with Crippen molar-refractivity contribution in [3.63, 3.8) is 0 Å². The molecule has 1 aliphatic heterocycles. The van der Waals surface area contributed by atoms with E-state index in [0.29, 0.717) is 16.3 Å². The number of allylic oxidation sites excluding steroid dienone is 1. The maximum Gasteiger partial charge on any atom is 0.126 e. The van der Waals surface area contributed by atoms with Crippen LogP contribution < -0.4 is 5.73 Å². The van der Waals surface area contributed by atoms with E-state index in [2.05, 4.69) is 0 Å². The van der Waals surface area contributed by atoms with E-state index in [9.17, 15) is 8.78 Å². The Morgan fingerprint density at radius 3 is 2.35 bits per heavy atom. The van der Waals surface area contributed by atoms with Gasteiger partial charge in [-0.2, -0.15) is 0 Å². The molecule has 0 aliphatic carbocycles. The van der Waals surface area contributed by atoms with Crippen LogP contribution in [-0.4, -0.2) is 11.9 Å². The quantitative estimate of drug-likeness (QED) is 0.837. The highest BCUT2D eigenvalue weighted by atomic mass is 35.5. The molecule has 1 unspecified atom stereocenters. The van der Waals surface area contributed by atoms with Gasteiger partial charge in [0.2, 0.25) is 0 Å². The van der Waals surface area contributed by atoms with Crippen molar-refractivity contribution in [1.29, 1.82) is 0 Å². The summed E-state index contributed by atoms with van der Waals surface area (Å²) in [5.74, 6) is -1.25. The third kappa shape index (κ3) is 2.42. The predicted molar refractivity (Wildman–Crippen MR) is 63.1 cm³/mol. The van der Waals surface area contributed by atoms with Gasteiger partial charge in [-0.05, 0) is 23.8 Å². The van der Waals surface area contributed by atoms with Crippen LogP contribution >= 0.6 is 11.6 Å². The zero-order chi connectivity index (χ0) is 12.6. The molecular weight excluding hydrogens is 246 g/mol. The summed E-state index contributed by atoms with van der Waals surface area (Å²) < 4.78 is 26.3. The van der Waals surface area contributed by atoms with Gasteiger partial charge in [0.1, 0.15) is 11.6 Å². The molecule has 90 valence electrons. The first kappa shape index (κ1) is 11.9. The second-order valence-corrected chi connectivity index (χ2v) is 4.37. The maximum atomic E-state index is 13.2. The molecule has 1 aromatic rings. The van der Waals surface area contributed by atoms with Gasteiger partial charge in [0.25, 0.3) is 0 Å². The van der Waals surface area contributed by atoms with Crippen LogP contribution in [0.15, 0.2) is 41.2 Å². The van der Waals surface area contributed by atoms with Gasteiger partial charge >= 0.3 is 0 Å². The third-order valence-electron chi connectivity index (χ3n) is 2.53. The van der Waals surface area contributed by atoms with Crippen LogP contribution in [-0.2, 0) is 0 Å². The molecule has 0 bridgehead atoms. The number of halogens is 3. The first-order chi connectivity index (χ1) is 7.97. The lowest BCUT2D eigenvalue weighted by Gasteiger charge is -2.30. The summed E-state index contributed by atoms with van der Waals surface area (Å²) in [5.41, 5.74) is 6.59. The first-order valence-electron chi connectivity index (χ1n) is 4.99. The second-order valence-electron chi connectivity index (χ2n) is 3.93. The van der Waals surface area contributed by atoms with E-state index in [-0.39, 0.29) is 0 Å². The van der Waals surface area contributed by atoms with Crippen molar-refractivity contribution in [3.05, 3.63) is 58.4 Å². The summed E-state index contributed by atoms with van der Waals surface area (Å²) in [4.78, 5) is 1.71. The molecule has 1 heterocycles. The summed E-state index contributed by atoms with van der Waals surface area (Å²) in [6.45, 7) is 0. The lowest BCUT2D eigenvalue weighted by molar-refractivity contribution is 0.377. The predicted octanol–water partition coefficient (Wildman–Crippen LogP) is 2.87. The number of rotatable bonds is 1. The SMILES string of the molecule is CN1C=C(N)C=C(Cl)C1c1cc(F)cc(F)c1. The molecule has 2 N–H and O–H groups in total. The van der Waals surface area contributed by atoms with Crippen LogP contribution in [0.1, 0.15) is 11.6 Å². The summed E-state index contributed by atoms with van der Waals surface area (Å²) in [6, 6.07) is 2.94. The van der Waals surface area contributed by atoms with Crippen LogP contribution in [0.2, 0.25) is 0 Å². The number of likely N-dealkylation sites (N-methyl/N-ethyl adjacent to an activating group) is 1. The standard InChI is InChI=1S/C12H11ClF2N2/c1-17-6-10(16)5-11(13)12(17)7-2-8(14)4-9(15)3-7/h2-6,12H,16H2,1H3. The fourth-order valence-electron chi connectivity index (χ4n) is 1.91. The van der Waals surface area contributed by atoms with Crippen LogP contribution in [0.5, 0.6) is 0 Å². The molecule has 1 aromatic carbocycles. The highest BCUT2D eigenvalue weighted by Crippen LogP contribution is 2.34. The minimum absolute atomic E-state index is 0.408. The Morgan fingerprint density at radius 1 is 1.24 bits per heavy atom. The number of benzene rings is 1. The number of hydrogen-bond donors (Lipinski definition) is 1. The van der Waals surface area contributed by atoms with Gasteiger partial charge in [-0.15, -0.1) is 0 Å². The highest BCUT2D eigenvalue weighted by Gasteiger charge is 2.23. The fraction of sp³-hybridized carbons (Fsp3) is 0.167. The Balaban J connectivity index is 2.44. The van der Waals surface area contributed by atoms with Gasteiger partial charge in [0.15, 0.2) is 0 Å². The van der Waals surface area contributed by atoms with Crippen LogP contribution in [0, 0.1) is 11.6 Å². The number of nitrogens with zero attached hydrogens (tertiary/aromatic N) is 1. The topological polar surface area (TPSA) is 29.3 Å². The van der Waals surface area contributed by atoms with Crippen molar-refractivity contribution in [1.82, 2.24) is 4.90 Å². The molecular formula is C12H11ClF2N2. The lowest BCUT2D eigenvalue weighted by Crippen LogP contribution is -2.24. The van der Waals surface area contributed by atoms with Crippen molar-refractivity contribution < 1.29 is 8.78 Å². The third-order valence-corrected chi connectivity index (χ3v) is 2.84. The molecule has 0 saturated carbocycles. The molecule has 17 heavy (non-hydrogen) atoms. The Bertz CT molecular complexity index is 491. The molecule has 0 saturated heterocycles. The average Bonchev–Trinajstić information content (AvgIpc) is 2.13. The molecule has 0 aromatic heterocycles. The lowest BCUT2D eigenvalue weighted by atomic mass is 10.0. The van der Waals surface area contributed by atoms with E-state index < -0.39 is 17.7 Å². The molecule has 2 rings (SSSR count). The van der Waals surface area contributed by atoms with E-state index in [4.69, 9.17) is 17.3 Å². The van der Waals surface area contributed by atoms with Crippen molar-refractivity contribution >= 4 is 11.6 Å². The van der Waals surface area contributed by atoms with E-state index in [1.54, 1.807) is 24.2 Å². The molecule has 1 aliphatic rings. The fourth-order valence-corrected chi connectivity index (χ4v) is 2.31. The van der Waals surface area contributed by atoms with Crippen LogP contribution in [0.25, 0.3) is 0 Å². The van der Waals surface area contributed by atoms with Crippen molar-refractivity contribution in [3.8, 4) is 0 Å². The summed E-state index contributed by atoms with van der Waals surface area (Å²) in [7, 11) is 1.75. The monoisotopic (exact) mass is 256 g/mol. The van der Waals surface area contributed by atoms with Gasteiger partial charge in [0, 0.05) is 30.0 Å². The van der Waals surface area contributed by atoms with Crippen LogP contribution in [0.3, 0.4) is 0 Å². The van der Waals surface area contributed by atoms with E-state index in [0.717, 1.165) is 6.07 Å².